The van der Waals surface area contributed by atoms with Crippen LogP contribution in [-0.4, -0.2) is 0 Å². The highest BCUT2D eigenvalue weighted by Crippen LogP contribution is 2.54. The molecule has 0 aromatic heterocycles. The molecule has 0 bridgehead atoms. The van der Waals surface area contributed by atoms with Gasteiger partial charge in [-0.2, -0.15) is 0 Å². The predicted molar refractivity (Wildman–Crippen MR) is 105 cm³/mol. The summed E-state index contributed by atoms with van der Waals surface area (Å²) in [4.78, 5) is 0. The van der Waals surface area contributed by atoms with Gasteiger partial charge in [-0.05, 0) is 86.1 Å². The fourth-order valence-corrected chi connectivity index (χ4v) is 4.87. The summed E-state index contributed by atoms with van der Waals surface area (Å²) in [5.74, 6) is 0.968. The van der Waals surface area contributed by atoms with E-state index in [4.69, 9.17) is 0 Å². The summed E-state index contributed by atoms with van der Waals surface area (Å²) in [5.41, 5.74) is 14.7. The van der Waals surface area contributed by atoms with Crippen LogP contribution in [0.5, 0.6) is 0 Å². The van der Waals surface area contributed by atoms with Crippen LogP contribution in [0.4, 0.5) is 0 Å². The van der Waals surface area contributed by atoms with Crippen molar-refractivity contribution in [3.8, 4) is 0 Å². The van der Waals surface area contributed by atoms with Crippen LogP contribution in [0.1, 0.15) is 70.2 Å². The van der Waals surface area contributed by atoms with Gasteiger partial charge < -0.3 is 0 Å². The van der Waals surface area contributed by atoms with E-state index < -0.39 is 0 Å². The van der Waals surface area contributed by atoms with E-state index in [-0.39, 0.29) is 0 Å². The zero-order chi connectivity index (χ0) is 17.2. The van der Waals surface area contributed by atoms with Crippen molar-refractivity contribution in [2.75, 3.05) is 0 Å². The van der Waals surface area contributed by atoms with Gasteiger partial charge in [-0.3, -0.25) is 0 Å². The van der Waals surface area contributed by atoms with Crippen molar-refractivity contribution in [3.05, 3.63) is 79.9 Å². The number of aryl methyl sites for hydroxylation is 4. The smallest absolute Gasteiger partial charge is 0.0164 e. The van der Waals surface area contributed by atoms with Crippen molar-refractivity contribution in [1.29, 1.82) is 0 Å². The van der Waals surface area contributed by atoms with E-state index >= 15 is 0 Å². The van der Waals surface area contributed by atoms with Gasteiger partial charge in [0.1, 0.15) is 0 Å². The van der Waals surface area contributed by atoms with Crippen molar-refractivity contribution in [1.82, 2.24) is 0 Å². The summed E-state index contributed by atoms with van der Waals surface area (Å²) in [6, 6.07) is 9.12. The van der Waals surface area contributed by atoms with Crippen molar-refractivity contribution < 1.29 is 0 Å². The average Bonchev–Trinajstić information content (AvgIpc) is 3.05. The van der Waals surface area contributed by atoms with Crippen LogP contribution in [-0.2, 0) is 0 Å². The first-order valence-electron chi connectivity index (χ1n) is 8.96. The predicted octanol–water partition coefficient (Wildman–Crippen LogP) is 6.62. The number of rotatable bonds is 1. The maximum absolute atomic E-state index is 2.43. The minimum Gasteiger partial charge on any atom is -0.0642 e. The first-order valence-corrected chi connectivity index (χ1v) is 8.96. The fourth-order valence-electron chi connectivity index (χ4n) is 4.87. The number of hydrogen-bond acceptors (Lipinski definition) is 0. The molecule has 0 spiro atoms. The Hall–Kier alpha value is -2.08. The summed E-state index contributed by atoms with van der Waals surface area (Å²) in [7, 11) is 0. The highest BCUT2D eigenvalue weighted by molar-refractivity contribution is 5.77. The minimum absolute atomic E-state index is 0.484. The summed E-state index contributed by atoms with van der Waals surface area (Å²) in [5, 5.41) is 0. The largest absolute Gasteiger partial charge is 0.0642 e. The van der Waals surface area contributed by atoms with Crippen molar-refractivity contribution >= 4 is 12.2 Å². The molecule has 0 saturated heterocycles. The fraction of sp³-hybridized carbons (Fsp3) is 0.333. The monoisotopic (exact) mass is 314 g/mol. The summed E-state index contributed by atoms with van der Waals surface area (Å²) < 4.78 is 0. The normalized spacial score (nSPS) is 21.4. The highest BCUT2D eigenvalue weighted by Gasteiger charge is 2.38. The Labute approximate surface area is 145 Å². The third-order valence-electron chi connectivity index (χ3n) is 6.13. The lowest BCUT2D eigenvalue weighted by molar-refractivity contribution is 0.684. The molecule has 0 nitrogen and oxygen atoms in total. The van der Waals surface area contributed by atoms with Crippen LogP contribution in [0.2, 0.25) is 0 Å². The Kier molecular flexibility index (Phi) is 3.35. The van der Waals surface area contributed by atoms with Gasteiger partial charge in [0.2, 0.25) is 0 Å². The Morgan fingerprint density at radius 1 is 0.500 bits per heavy atom. The molecular formula is C24H26. The zero-order valence-electron chi connectivity index (χ0n) is 15.6. The van der Waals surface area contributed by atoms with Gasteiger partial charge in [0, 0.05) is 11.8 Å². The lowest BCUT2D eigenvalue weighted by atomic mass is 9.75. The summed E-state index contributed by atoms with van der Waals surface area (Å²) in [6.45, 7) is 13.7. The topological polar surface area (TPSA) is 0 Å². The van der Waals surface area contributed by atoms with E-state index in [1.54, 1.807) is 11.1 Å². The van der Waals surface area contributed by atoms with E-state index in [1.807, 2.05) is 0 Å². The molecule has 2 atom stereocenters. The van der Waals surface area contributed by atoms with Crippen LogP contribution in [0.3, 0.4) is 0 Å². The van der Waals surface area contributed by atoms with E-state index in [2.05, 4.69) is 78.0 Å². The van der Waals surface area contributed by atoms with Gasteiger partial charge in [-0.1, -0.05) is 47.6 Å². The second-order valence-electron chi connectivity index (χ2n) is 7.79. The van der Waals surface area contributed by atoms with Gasteiger partial charge in [0.05, 0.1) is 0 Å². The van der Waals surface area contributed by atoms with Crippen molar-refractivity contribution in [2.45, 2.75) is 53.4 Å². The van der Waals surface area contributed by atoms with Gasteiger partial charge in [0.15, 0.2) is 0 Å². The zero-order valence-corrected chi connectivity index (χ0v) is 15.6. The van der Waals surface area contributed by atoms with Crippen molar-refractivity contribution in [3.63, 3.8) is 0 Å². The Morgan fingerprint density at radius 2 is 0.833 bits per heavy atom. The minimum atomic E-state index is 0.484. The van der Waals surface area contributed by atoms with E-state index in [0.29, 0.717) is 11.8 Å². The molecule has 4 rings (SSSR count). The molecule has 0 radical (unpaired) electrons. The average molecular weight is 314 g/mol. The molecule has 2 aromatic carbocycles. The van der Waals surface area contributed by atoms with E-state index in [1.165, 1.54) is 44.5 Å². The van der Waals surface area contributed by atoms with Crippen LogP contribution >= 0.6 is 0 Å². The molecule has 0 saturated carbocycles. The molecular weight excluding hydrogens is 288 g/mol. The number of benzene rings is 2. The lowest BCUT2D eigenvalue weighted by Crippen LogP contribution is -2.13. The molecule has 24 heavy (non-hydrogen) atoms. The van der Waals surface area contributed by atoms with Crippen LogP contribution in [0.15, 0.2) is 35.4 Å². The molecule has 0 fully saturated rings. The Bertz CT molecular complexity index is 844. The second-order valence-corrected chi connectivity index (χ2v) is 7.79. The van der Waals surface area contributed by atoms with Gasteiger partial charge in [-0.25, -0.2) is 0 Å². The van der Waals surface area contributed by atoms with Crippen molar-refractivity contribution in [2.24, 2.45) is 0 Å². The van der Waals surface area contributed by atoms with E-state index in [9.17, 15) is 0 Å². The molecule has 2 aliphatic rings. The molecule has 122 valence electrons. The van der Waals surface area contributed by atoms with Crippen LogP contribution in [0, 0.1) is 27.7 Å². The van der Waals surface area contributed by atoms with Gasteiger partial charge in [0.25, 0.3) is 0 Å². The SMILES string of the molecule is CC1=Cc2c(C)ccc(C)c2[C@@H]1[C@@H]1C(C)=Cc2c(C)ccc(C)c21. The van der Waals surface area contributed by atoms with Crippen LogP contribution < -0.4 is 0 Å². The Balaban J connectivity index is 1.96. The second kappa shape index (κ2) is 5.21. The maximum atomic E-state index is 2.43. The molecule has 0 N–H and O–H groups in total. The number of hydrogen-bond donors (Lipinski definition) is 0. The quantitative estimate of drug-likeness (QED) is 0.554. The summed E-state index contributed by atoms with van der Waals surface area (Å²) >= 11 is 0. The van der Waals surface area contributed by atoms with E-state index in [0.717, 1.165) is 0 Å². The lowest BCUT2D eigenvalue weighted by Gasteiger charge is -2.28. The molecule has 0 aliphatic heterocycles. The van der Waals surface area contributed by atoms with Gasteiger partial charge in [-0.15, -0.1) is 0 Å². The van der Waals surface area contributed by atoms with Crippen LogP contribution in [0.25, 0.3) is 12.2 Å². The maximum Gasteiger partial charge on any atom is 0.0164 e. The number of fused-ring (bicyclic) bond motifs is 2. The first-order chi connectivity index (χ1) is 11.4. The molecule has 2 aromatic rings. The highest BCUT2D eigenvalue weighted by atomic mass is 14.4. The molecule has 0 amide bonds. The third-order valence-corrected chi connectivity index (χ3v) is 6.13. The Morgan fingerprint density at radius 3 is 1.21 bits per heavy atom. The van der Waals surface area contributed by atoms with Gasteiger partial charge >= 0.3 is 0 Å². The molecule has 2 aliphatic carbocycles. The molecule has 0 heteroatoms. The standard InChI is InChI=1S/C24H26/c1-13-7-9-15(3)21-19(13)11-17(5)23(21)24-18(6)12-20-14(2)8-10-16(4)22(20)24/h7-12,23-24H,1-6H3/t23-,24-/m1/s1. The first kappa shape index (κ1) is 15.4. The third kappa shape index (κ3) is 1.99. The summed E-state index contributed by atoms with van der Waals surface area (Å²) in [6.07, 6.45) is 4.86. The molecule has 0 heterocycles. The molecule has 0 unspecified atom stereocenters. The number of allylic oxidation sites excluding steroid dienone is 2.